The van der Waals surface area contributed by atoms with Gasteiger partial charge in [-0.1, -0.05) is 17.7 Å². The quantitative estimate of drug-likeness (QED) is 0.622. The number of nitrogens with one attached hydrogen (secondary N) is 2. The van der Waals surface area contributed by atoms with Gasteiger partial charge in [0, 0.05) is 16.3 Å². The molecule has 2 N–H and O–H groups in total. The first-order chi connectivity index (χ1) is 13.2. The van der Waals surface area contributed by atoms with Gasteiger partial charge in [-0.3, -0.25) is 9.52 Å². The second-order valence-corrected chi connectivity index (χ2v) is 8.14. The van der Waals surface area contributed by atoms with Crippen LogP contribution in [0.25, 0.3) is 0 Å². The van der Waals surface area contributed by atoms with Crippen LogP contribution in [0.4, 0.5) is 15.8 Å². The molecular weight excluding hydrogens is 403 g/mol. The number of hydrogen-bond donors (Lipinski definition) is 2. The van der Waals surface area contributed by atoms with E-state index < -0.39 is 21.7 Å². The number of amides is 1. The van der Waals surface area contributed by atoms with Gasteiger partial charge in [-0.25, -0.2) is 12.8 Å². The third kappa shape index (κ3) is 4.68. The van der Waals surface area contributed by atoms with Gasteiger partial charge in [-0.2, -0.15) is 0 Å². The molecule has 3 aromatic carbocycles. The number of carbonyl (C=O) groups excluding carboxylic acids is 1. The molecular formula is C20H16ClFN2O3S. The molecule has 0 atom stereocenters. The minimum atomic E-state index is -3.81. The standard InChI is InChI=1S/C20H16ClFN2O3S/c1-13-2-7-17(12-19(13)21)24-28(26,27)18-10-8-16(9-11-18)23-20(25)14-3-5-15(22)6-4-14/h2-12,24H,1H3,(H,23,25). The molecule has 0 heterocycles. The lowest BCUT2D eigenvalue weighted by atomic mass is 10.2. The van der Waals surface area contributed by atoms with Crippen LogP contribution < -0.4 is 10.0 Å². The molecule has 0 unspecified atom stereocenters. The predicted molar refractivity (Wildman–Crippen MR) is 108 cm³/mol. The Balaban J connectivity index is 1.72. The average molecular weight is 419 g/mol. The van der Waals surface area contributed by atoms with Gasteiger partial charge >= 0.3 is 0 Å². The SMILES string of the molecule is Cc1ccc(NS(=O)(=O)c2ccc(NC(=O)c3ccc(F)cc3)cc2)cc1Cl. The number of carbonyl (C=O) groups is 1. The fraction of sp³-hybridized carbons (Fsp3) is 0.0500. The van der Waals surface area contributed by atoms with Crippen LogP contribution in [0.1, 0.15) is 15.9 Å². The van der Waals surface area contributed by atoms with Gasteiger partial charge in [0.05, 0.1) is 10.6 Å². The molecule has 1 amide bonds. The summed E-state index contributed by atoms with van der Waals surface area (Å²) in [6.45, 7) is 1.82. The van der Waals surface area contributed by atoms with Crippen molar-refractivity contribution >= 4 is 38.9 Å². The number of benzene rings is 3. The Morgan fingerprint density at radius 2 is 1.54 bits per heavy atom. The first kappa shape index (κ1) is 19.9. The first-order valence-corrected chi connectivity index (χ1v) is 10.1. The zero-order chi connectivity index (χ0) is 20.3. The molecule has 0 saturated heterocycles. The van der Waals surface area contributed by atoms with E-state index in [1.165, 1.54) is 54.6 Å². The van der Waals surface area contributed by atoms with Crippen molar-refractivity contribution in [3.63, 3.8) is 0 Å². The van der Waals surface area contributed by atoms with Crippen LogP contribution in [0.3, 0.4) is 0 Å². The van der Waals surface area contributed by atoms with Crippen LogP contribution >= 0.6 is 11.6 Å². The van der Waals surface area contributed by atoms with Crippen molar-refractivity contribution in [2.45, 2.75) is 11.8 Å². The van der Waals surface area contributed by atoms with Crippen molar-refractivity contribution in [2.75, 3.05) is 10.0 Å². The number of hydrogen-bond acceptors (Lipinski definition) is 3. The van der Waals surface area contributed by atoms with E-state index in [1.54, 1.807) is 12.1 Å². The van der Waals surface area contributed by atoms with Gasteiger partial charge in [-0.15, -0.1) is 0 Å². The molecule has 5 nitrogen and oxygen atoms in total. The molecule has 0 aliphatic heterocycles. The van der Waals surface area contributed by atoms with E-state index >= 15 is 0 Å². The van der Waals surface area contributed by atoms with Gasteiger partial charge in [-0.05, 0) is 73.2 Å². The maximum Gasteiger partial charge on any atom is 0.261 e. The van der Waals surface area contributed by atoms with E-state index in [-0.39, 0.29) is 10.5 Å². The number of halogens is 2. The molecule has 3 rings (SSSR count). The smallest absolute Gasteiger partial charge is 0.261 e. The van der Waals surface area contributed by atoms with Crippen LogP contribution in [0.2, 0.25) is 5.02 Å². The summed E-state index contributed by atoms with van der Waals surface area (Å²) in [7, 11) is -3.81. The number of aryl methyl sites for hydroxylation is 1. The van der Waals surface area contributed by atoms with Crippen molar-refractivity contribution < 1.29 is 17.6 Å². The molecule has 0 aliphatic carbocycles. The summed E-state index contributed by atoms with van der Waals surface area (Å²) in [5.74, 6) is -0.864. The molecule has 0 aromatic heterocycles. The summed E-state index contributed by atoms with van der Waals surface area (Å²) in [4.78, 5) is 12.2. The summed E-state index contributed by atoms with van der Waals surface area (Å²) in [6, 6.07) is 15.7. The van der Waals surface area contributed by atoms with Gasteiger partial charge in [0.25, 0.3) is 15.9 Å². The second-order valence-electron chi connectivity index (χ2n) is 6.05. The number of anilines is 2. The molecule has 144 valence electrons. The summed E-state index contributed by atoms with van der Waals surface area (Å²) >= 11 is 6.02. The van der Waals surface area contributed by atoms with Gasteiger partial charge in [0.1, 0.15) is 5.82 Å². The zero-order valence-electron chi connectivity index (χ0n) is 14.7. The molecule has 0 bridgehead atoms. The normalized spacial score (nSPS) is 11.1. The van der Waals surface area contributed by atoms with Crippen LogP contribution in [0, 0.1) is 12.7 Å². The van der Waals surface area contributed by atoms with Crippen LogP contribution in [-0.2, 0) is 10.0 Å². The third-order valence-corrected chi connectivity index (χ3v) is 5.76. The third-order valence-electron chi connectivity index (χ3n) is 3.95. The second kappa shape index (κ2) is 8.00. The van der Waals surface area contributed by atoms with E-state index in [4.69, 9.17) is 11.6 Å². The lowest BCUT2D eigenvalue weighted by molar-refractivity contribution is 0.102. The molecule has 0 saturated carbocycles. The van der Waals surface area contributed by atoms with E-state index in [2.05, 4.69) is 10.0 Å². The summed E-state index contributed by atoms with van der Waals surface area (Å²) in [5, 5.41) is 3.08. The highest BCUT2D eigenvalue weighted by atomic mass is 35.5. The Morgan fingerprint density at radius 3 is 2.14 bits per heavy atom. The monoisotopic (exact) mass is 418 g/mol. The topological polar surface area (TPSA) is 75.3 Å². The first-order valence-electron chi connectivity index (χ1n) is 8.20. The van der Waals surface area contributed by atoms with Crippen molar-refractivity contribution in [1.82, 2.24) is 0 Å². The van der Waals surface area contributed by atoms with E-state index in [0.717, 1.165) is 5.56 Å². The largest absolute Gasteiger partial charge is 0.322 e. The highest BCUT2D eigenvalue weighted by Crippen LogP contribution is 2.23. The fourth-order valence-electron chi connectivity index (χ4n) is 2.39. The maximum absolute atomic E-state index is 12.9. The fourth-order valence-corrected chi connectivity index (χ4v) is 3.62. The minimum Gasteiger partial charge on any atom is -0.322 e. The Kier molecular flexibility index (Phi) is 5.67. The van der Waals surface area contributed by atoms with Crippen molar-refractivity contribution in [3.8, 4) is 0 Å². The van der Waals surface area contributed by atoms with Gasteiger partial charge in [0.15, 0.2) is 0 Å². The summed E-state index contributed by atoms with van der Waals surface area (Å²) in [5.41, 5.74) is 1.89. The average Bonchev–Trinajstić information content (AvgIpc) is 2.65. The molecule has 3 aromatic rings. The summed E-state index contributed by atoms with van der Waals surface area (Å²) < 4.78 is 40.4. The van der Waals surface area contributed by atoms with Crippen molar-refractivity contribution in [2.24, 2.45) is 0 Å². The predicted octanol–water partition coefficient (Wildman–Crippen LogP) is 4.84. The van der Waals surface area contributed by atoms with E-state index in [1.807, 2.05) is 6.92 Å². The van der Waals surface area contributed by atoms with Crippen LogP contribution in [0.15, 0.2) is 71.6 Å². The van der Waals surface area contributed by atoms with Gasteiger partial charge < -0.3 is 5.32 Å². The molecule has 28 heavy (non-hydrogen) atoms. The Bertz CT molecular complexity index is 1120. The molecule has 0 radical (unpaired) electrons. The highest BCUT2D eigenvalue weighted by molar-refractivity contribution is 7.92. The Hall–Kier alpha value is -2.90. The Morgan fingerprint density at radius 1 is 0.929 bits per heavy atom. The van der Waals surface area contributed by atoms with Crippen LogP contribution in [-0.4, -0.2) is 14.3 Å². The highest BCUT2D eigenvalue weighted by Gasteiger charge is 2.15. The van der Waals surface area contributed by atoms with Crippen molar-refractivity contribution in [3.05, 3.63) is 88.7 Å². The Labute approximate surface area is 167 Å². The maximum atomic E-state index is 12.9. The summed E-state index contributed by atoms with van der Waals surface area (Å²) in [6.07, 6.45) is 0. The molecule has 0 aliphatic rings. The van der Waals surface area contributed by atoms with E-state index in [0.29, 0.717) is 16.4 Å². The van der Waals surface area contributed by atoms with E-state index in [9.17, 15) is 17.6 Å². The van der Waals surface area contributed by atoms with Crippen LogP contribution in [0.5, 0.6) is 0 Å². The molecule has 0 fully saturated rings. The lowest BCUT2D eigenvalue weighted by Crippen LogP contribution is -2.14. The zero-order valence-corrected chi connectivity index (χ0v) is 16.3. The molecule has 0 spiro atoms. The van der Waals surface area contributed by atoms with Gasteiger partial charge in [0.2, 0.25) is 0 Å². The minimum absolute atomic E-state index is 0.0315. The number of sulfonamides is 1. The molecule has 8 heteroatoms. The lowest BCUT2D eigenvalue weighted by Gasteiger charge is -2.10. The number of rotatable bonds is 5. The van der Waals surface area contributed by atoms with Crippen molar-refractivity contribution in [1.29, 1.82) is 0 Å².